The molecule has 25 aromatic rings. The summed E-state index contributed by atoms with van der Waals surface area (Å²) in [5.74, 6) is 5.89. The van der Waals surface area contributed by atoms with Gasteiger partial charge in [0.2, 0.25) is 0 Å². The van der Waals surface area contributed by atoms with Crippen molar-refractivity contribution in [2.75, 3.05) is 0 Å². The van der Waals surface area contributed by atoms with Crippen molar-refractivity contribution in [1.29, 1.82) is 0 Å². The second kappa shape index (κ2) is 33.7. The molecule has 0 radical (unpaired) electrons. The minimum Gasteiger partial charge on any atom is -0.309 e. The molecule has 0 N–H and O–H groups in total. The van der Waals surface area contributed by atoms with E-state index in [-0.39, 0.29) is 16.2 Å². The van der Waals surface area contributed by atoms with Gasteiger partial charge >= 0.3 is 0 Å². The standard InChI is InChI=1S/C46H32N4.2C42H30N4/c1-46(2)36-23-13-11-21-34(36)41-37(46)26-28-40-42(41)35-22-12-14-24-38(35)50(40)39-27-25-33(31-19-9-10-20-32(31)39)45-48-43(29-15-5-3-6-16-29)47-44(49-45)30-17-7-4-8-18-30;1-42(2)34-22-11-9-20-31(34)32-24-25-36-37(38(32)42)33-21-10-12-23-35(33)46(36)30-19-13-18-29(26-30)41-44-39(27-14-5-3-6-15-27)43-40(45-41)28-16-7-4-8-17-28;1-42(2)34-19-11-9-17-31(34)32-25-26-36-37(38(32)42)33-18-10-12-20-35(33)46(36)30-23-21-29(22-24-30)41-44-39(27-13-5-3-6-14-27)43-40(45-41)28-15-7-4-8-16-28/h3-28H,1-2H3;2*3-26H,1-2H3. The van der Waals surface area contributed by atoms with E-state index in [0.29, 0.717) is 52.4 Å². The molecule has 0 saturated carbocycles. The third kappa shape index (κ3) is 13.8. The fraction of sp³-hybridized carbons (Fsp3) is 0.0692. The van der Waals surface area contributed by atoms with Gasteiger partial charge in [-0.05, 0) is 157 Å². The first-order valence-corrected chi connectivity index (χ1v) is 48.6. The minimum atomic E-state index is -0.116. The SMILES string of the molecule is CC1(C)c2ccccc2-c2c1ccc1c2c2ccccc2n1-c1ccc(-c2nc(-c3ccccc3)nc(-c3ccccc3)n2)c2ccccc12.CC1(C)c2ccccc2-c2ccc3c(c21)c1ccccc1n3-c1ccc(-c2nc(-c3ccccc3)nc(-c3ccccc3)n2)cc1.CC1(C)c2ccccc2-c2ccc3c(c21)c1ccccc1n3-c1cccc(-c2nc(-c3ccccc3)nc(-c3ccccc3)n2)c1. The number of rotatable bonds is 12. The first-order chi connectivity index (χ1) is 69.7. The van der Waals surface area contributed by atoms with Crippen molar-refractivity contribution in [3.05, 3.63) is 482 Å². The van der Waals surface area contributed by atoms with Crippen LogP contribution in [0.25, 0.3) is 229 Å². The average Bonchev–Trinajstić information content (AvgIpc) is 1.55. The maximum atomic E-state index is 5.09. The molecule has 6 aromatic heterocycles. The van der Waals surface area contributed by atoms with E-state index < -0.39 is 0 Å². The van der Waals surface area contributed by atoms with Crippen LogP contribution in [0.15, 0.2) is 449 Å². The summed E-state index contributed by atoms with van der Waals surface area (Å²) >= 11 is 0. The summed E-state index contributed by atoms with van der Waals surface area (Å²) in [6.45, 7) is 14.1. The van der Waals surface area contributed by atoms with Crippen LogP contribution in [0.5, 0.6) is 0 Å². The van der Waals surface area contributed by atoms with E-state index in [1.54, 1.807) is 0 Å². The number of fused-ring (bicyclic) bond motifs is 22. The van der Waals surface area contributed by atoms with Crippen molar-refractivity contribution < 1.29 is 0 Å². The van der Waals surface area contributed by atoms with E-state index in [4.69, 9.17) is 44.9 Å². The molecule has 0 fully saturated rings. The van der Waals surface area contributed by atoms with Gasteiger partial charge in [0, 0.05) is 115 Å². The molecule has 12 nitrogen and oxygen atoms in total. The van der Waals surface area contributed by atoms with Crippen molar-refractivity contribution in [3.8, 4) is 153 Å². The maximum absolute atomic E-state index is 5.09. The molecule has 0 bridgehead atoms. The van der Waals surface area contributed by atoms with Crippen LogP contribution in [0, 0.1) is 0 Å². The lowest BCUT2D eigenvalue weighted by Crippen LogP contribution is -2.15. The molecule has 0 spiro atoms. The van der Waals surface area contributed by atoms with E-state index in [9.17, 15) is 0 Å². The molecule has 28 rings (SSSR count). The minimum absolute atomic E-state index is 0.0700. The zero-order valence-electron chi connectivity index (χ0n) is 79.1. The van der Waals surface area contributed by atoms with Gasteiger partial charge in [-0.15, -0.1) is 0 Å². The van der Waals surface area contributed by atoms with Gasteiger partial charge < -0.3 is 13.7 Å². The summed E-state index contributed by atoms with van der Waals surface area (Å²) in [6, 6.07) is 158. The predicted octanol–water partition coefficient (Wildman–Crippen LogP) is 32.0. The second-order valence-electron chi connectivity index (χ2n) is 38.6. The highest BCUT2D eigenvalue weighted by Crippen LogP contribution is 2.58. The fourth-order valence-corrected chi connectivity index (χ4v) is 22.8. The zero-order valence-corrected chi connectivity index (χ0v) is 79.1. The molecule has 0 aliphatic heterocycles. The lowest BCUT2D eigenvalue weighted by Gasteiger charge is -2.22. The van der Waals surface area contributed by atoms with Gasteiger partial charge in [-0.3, -0.25) is 0 Å². The monoisotopic (exact) mass is 1820 g/mol. The summed E-state index contributed by atoms with van der Waals surface area (Å²) < 4.78 is 7.24. The Bertz CT molecular complexity index is 9180. The van der Waals surface area contributed by atoms with Gasteiger partial charge in [-0.2, -0.15) is 0 Å². The van der Waals surface area contributed by atoms with Gasteiger partial charge in [0.25, 0.3) is 0 Å². The Morgan fingerprint density at radius 1 is 0.169 bits per heavy atom. The van der Waals surface area contributed by atoms with Gasteiger partial charge in [0.1, 0.15) is 0 Å². The Morgan fingerprint density at radius 2 is 0.472 bits per heavy atom. The molecule has 12 heteroatoms. The van der Waals surface area contributed by atoms with Gasteiger partial charge in [0.05, 0.1) is 38.8 Å². The lowest BCUT2D eigenvalue weighted by atomic mass is 9.80. The molecule has 672 valence electrons. The molecule has 142 heavy (non-hydrogen) atoms. The summed E-state index contributed by atoms with van der Waals surface area (Å²) in [7, 11) is 0. The number of hydrogen-bond donors (Lipinski definition) is 0. The topological polar surface area (TPSA) is 131 Å². The lowest BCUT2D eigenvalue weighted by molar-refractivity contribution is 0.661. The van der Waals surface area contributed by atoms with Crippen molar-refractivity contribution in [2.45, 2.75) is 57.8 Å². The van der Waals surface area contributed by atoms with Crippen molar-refractivity contribution in [2.24, 2.45) is 0 Å². The van der Waals surface area contributed by atoms with Crippen LogP contribution < -0.4 is 0 Å². The smallest absolute Gasteiger partial charge is 0.164 e. The largest absolute Gasteiger partial charge is 0.309 e. The molecule has 0 unspecified atom stereocenters. The summed E-state index contributed by atoms with van der Waals surface area (Å²) in [5, 5.41) is 9.98. The Hall–Kier alpha value is -18.1. The highest BCUT2D eigenvalue weighted by atomic mass is 15.1. The third-order valence-corrected chi connectivity index (χ3v) is 29.3. The molecule has 0 amide bonds. The Labute approximate surface area is 822 Å². The first-order valence-electron chi connectivity index (χ1n) is 48.6. The zero-order chi connectivity index (χ0) is 95.1. The average molecular weight is 1820 g/mol. The van der Waals surface area contributed by atoms with Crippen LogP contribution >= 0.6 is 0 Å². The molecule has 19 aromatic carbocycles. The van der Waals surface area contributed by atoms with Crippen LogP contribution in [0.4, 0.5) is 0 Å². The normalized spacial score (nSPS) is 13.2. The molecule has 3 aliphatic rings. The summed E-state index contributed by atoms with van der Waals surface area (Å²) in [6.07, 6.45) is 0. The van der Waals surface area contributed by atoms with Crippen molar-refractivity contribution in [1.82, 2.24) is 58.6 Å². The van der Waals surface area contributed by atoms with E-state index in [2.05, 4.69) is 322 Å². The third-order valence-electron chi connectivity index (χ3n) is 29.3. The van der Waals surface area contributed by atoms with Gasteiger partial charge in [0.15, 0.2) is 52.4 Å². The number of nitrogens with zero attached hydrogens (tertiary/aromatic N) is 12. The van der Waals surface area contributed by atoms with E-state index in [1.807, 2.05) is 182 Å². The van der Waals surface area contributed by atoms with Crippen LogP contribution in [-0.4, -0.2) is 58.6 Å². The number of aromatic nitrogens is 12. The number of benzene rings is 19. The summed E-state index contributed by atoms with van der Waals surface area (Å²) in [5.41, 5.74) is 35.2. The van der Waals surface area contributed by atoms with Crippen molar-refractivity contribution in [3.63, 3.8) is 0 Å². The molecular weight excluding hydrogens is 1730 g/mol. The highest BCUT2D eigenvalue weighted by molar-refractivity contribution is 6.20. The molecule has 6 heterocycles. The first kappa shape index (κ1) is 84.4. The van der Waals surface area contributed by atoms with Gasteiger partial charge in [-0.1, -0.05) is 406 Å². The van der Waals surface area contributed by atoms with E-state index in [1.165, 1.54) is 132 Å². The summed E-state index contributed by atoms with van der Waals surface area (Å²) in [4.78, 5) is 44.7. The Kier molecular flexibility index (Phi) is 20.0. The van der Waals surface area contributed by atoms with Crippen LogP contribution in [0.1, 0.15) is 74.9 Å². The Balaban J connectivity index is 0.000000109. The van der Waals surface area contributed by atoms with Crippen LogP contribution in [0.2, 0.25) is 0 Å². The molecule has 0 saturated heterocycles. The number of para-hydroxylation sites is 3. The molecule has 0 atom stereocenters. The Morgan fingerprint density at radius 3 is 0.901 bits per heavy atom. The van der Waals surface area contributed by atoms with Gasteiger partial charge in [-0.25, -0.2) is 44.9 Å². The second-order valence-corrected chi connectivity index (χ2v) is 38.6. The maximum Gasteiger partial charge on any atom is 0.164 e. The quantitative estimate of drug-likeness (QED) is 0.117. The van der Waals surface area contributed by atoms with E-state index >= 15 is 0 Å². The predicted molar refractivity (Wildman–Crippen MR) is 582 cm³/mol. The number of hydrogen-bond acceptors (Lipinski definition) is 9. The van der Waals surface area contributed by atoms with Crippen LogP contribution in [-0.2, 0) is 16.2 Å². The van der Waals surface area contributed by atoms with Crippen molar-refractivity contribution >= 4 is 76.2 Å². The highest BCUT2D eigenvalue weighted by Gasteiger charge is 2.42. The molecular formula is C130H92N12. The van der Waals surface area contributed by atoms with Crippen LogP contribution in [0.3, 0.4) is 0 Å². The molecule has 3 aliphatic carbocycles. The van der Waals surface area contributed by atoms with E-state index in [0.717, 1.165) is 77.9 Å². The fourth-order valence-electron chi connectivity index (χ4n) is 22.8.